The molecule has 0 radical (unpaired) electrons. The Balaban J connectivity index is 1.56. The molecule has 1 aliphatic rings. The third kappa shape index (κ3) is 4.00. The number of Topliss-reactive ketones (excluding diaryl/α,β-unsaturated/α-hetero) is 1. The quantitative estimate of drug-likeness (QED) is 0.125. The Morgan fingerprint density at radius 3 is 2.27 bits per heavy atom. The number of rotatable bonds is 5. The molecule has 168 valence electrons. The molecule has 0 spiro atoms. The van der Waals surface area contributed by atoms with Crippen molar-refractivity contribution in [3.05, 3.63) is 104 Å². The summed E-state index contributed by atoms with van der Waals surface area (Å²) < 4.78 is 78.0. The standard InChI is InChI=1S/C22H10F5NO5/c23-17-14(18(24)20(26)21(27)19(17)25)9-32-12-4-5-13-15(8-12)33-16(22(13)29)7-10-2-1-3-11(6-10)28(30)31/h1-8H,9H2. The van der Waals surface area contributed by atoms with Crippen LogP contribution in [0, 0.1) is 39.2 Å². The van der Waals surface area contributed by atoms with Crippen molar-refractivity contribution in [2.75, 3.05) is 0 Å². The number of benzene rings is 3. The summed E-state index contributed by atoms with van der Waals surface area (Å²) in [5.41, 5.74) is -0.885. The highest BCUT2D eigenvalue weighted by Crippen LogP contribution is 2.35. The molecule has 0 saturated carbocycles. The zero-order valence-electron chi connectivity index (χ0n) is 16.2. The van der Waals surface area contributed by atoms with E-state index in [4.69, 9.17) is 9.47 Å². The second kappa shape index (κ2) is 8.34. The molecule has 1 heterocycles. The van der Waals surface area contributed by atoms with Crippen LogP contribution in [0.25, 0.3) is 6.08 Å². The smallest absolute Gasteiger partial charge is 0.270 e. The molecule has 0 amide bonds. The van der Waals surface area contributed by atoms with Crippen molar-refractivity contribution < 1.29 is 41.1 Å². The van der Waals surface area contributed by atoms with Gasteiger partial charge in [-0.25, -0.2) is 22.0 Å². The summed E-state index contributed by atoms with van der Waals surface area (Å²) in [5, 5.41) is 10.9. The number of allylic oxidation sites excluding steroid dienone is 1. The summed E-state index contributed by atoms with van der Waals surface area (Å²) in [6.07, 6.45) is 1.30. The highest BCUT2D eigenvalue weighted by atomic mass is 19.2. The molecule has 0 unspecified atom stereocenters. The minimum atomic E-state index is -2.28. The number of nitrogens with zero attached hydrogens (tertiary/aromatic N) is 1. The Labute approximate surface area is 181 Å². The van der Waals surface area contributed by atoms with E-state index in [1.165, 1.54) is 48.5 Å². The van der Waals surface area contributed by atoms with Crippen LogP contribution in [0.4, 0.5) is 27.6 Å². The maximum Gasteiger partial charge on any atom is 0.270 e. The molecule has 1 aliphatic heterocycles. The van der Waals surface area contributed by atoms with Gasteiger partial charge in [0.1, 0.15) is 18.1 Å². The number of hydrogen-bond donors (Lipinski definition) is 0. The van der Waals surface area contributed by atoms with Gasteiger partial charge in [0.2, 0.25) is 11.6 Å². The van der Waals surface area contributed by atoms with Gasteiger partial charge >= 0.3 is 0 Å². The summed E-state index contributed by atoms with van der Waals surface area (Å²) in [4.78, 5) is 22.8. The third-order valence-electron chi connectivity index (χ3n) is 4.70. The van der Waals surface area contributed by atoms with Crippen LogP contribution in [0.1, 0.15) is 21.5 Å². The molecule has 33 heavy (non-hydrogen) atoms. The first-order valence-corrected chi connectivity index (χ1v) is 9.13. The van der Waals surface area contributed by atoms with Crippen LogP contribution < -0.4 is 9.47 Å². The third-order valence-corrected chi connectivity index (χ3v) is 4.70. The van der Waals surface area contributed by atoms with E-state index in [9.17, 15) is 36.9 Å². The SMILES string of the molecule is O=C1C(=Cc2cccc([N+](=O)[O-])c2)Oc2cc(OCc3c(F)c(F)c(F)c(F)c3F)ccc21. The predicted molar refractivity (Wildman–Crippen MR) is 103 cm³/mol. The minimum absolute atomic E-state index is 0.0200. The van der Waals surface area contributed by atoms with Gasteiger partial charge < -0.3 is 9.47 Å². The van der Waals surface area contributed by atoms with Crippen molar-refractivity contribution in [2.45, 2.75) is 6.61 Å². The van der Waals surface area contributed by atoms with E-state index in [2.05, 4.69) is 0 Å². The van der Waals surface area contributed by atoms with Gasteiger partial charge in [-0.2, -0.15) is 0 Å². The lowest BCUT2D eigenvalue weighted by molar-refractivity contribution is -0.384. The first-order chi connectivity index (χ1) is 15.7. The molecular formula is C22H10F5NO5. The van der Waals surface area contributed by atoms with Gasteiger partial charge in [0, 0.05) is 18.2 Å². The zero-order chi connectivity index (χ0) is 23.9. The van der Waals surface area contributed by atoms with Crippen LogP contribution in [-0.2, 0) is 6.61 Å². The molecule has 0 atom stereocenters. The number of fused-ring (bicyclic) bond motifs is 1. The van der Waals surface area contributed by atoms with Crippen molar-refractivity contribution in [3.63, 3.8) is 0 Å². The summed E-state index contributed by atoms with van der Waals surface area (Å²) in [6.45, 7) is -0.977. The topological polar surface area (TPSA) is 78.7 Å². The summed E-state index contributed by atoms with van der Waals surface area (Å²) in [5.74, 6) is -11.2. The van der Waals surface area contributed by atoms with Crippen LogP contribution in [0.2, 0.25) is 0 Å². The molecule has 6 nitrogen and oxygen atoms in total. The van der Waals surface area contributed by atoms with Crippen molar-refractivity contribution in [1.29, 1.82) is 0 Å². The fourth-order valence-corrected chi connectivity index (χ4v) is 3.07. The van der Waals surface area contributed by atoms with E-state index in [-0.39, 0.29) is 28.5 Å². The maximum atomic E-state index is 13.8. The largest absolute Gasteiger partial charge is 0.489 e. The number of hydrogen-bond acceptors (Lipinski definition) is 5. The summed E-state index contributed by atoms with van der Waals surface area (Å²) in [7, 11) is 0. The van der Waals surface area contributed by atoms with Gasteiger partial charge in [0.15, 0.2) is 29.0 Å². The van der Waals surface area contributed by atoms with Crippen LogP contribution in [0.15, 0.2) is 48.2 Å². The monoisotopic (exact) mass is 463 g/mol. The van der Waals surface area contributed by atoms with E-state index in [1.807, 2.05) is 0 Å². The van der Waals surface area contributed by atoms with Gasteiger partial charge in [0.05, 0.1) is 16.1 Å². The molecule has 0 aromatic heterocycles. The molecule has 4 rings (SSSR count). The lowest BCUT2D eigenvalue weighted by Crippen LogP contribution is -2.09. The van der Waals surface area contributed by atoms with Gasteiger partial charge in [-0.05, 0) is 23.8 Å². The second-order valence-corrected chi connectivity index (χ2v) is 6.79. The molecule has 0 fully saturated rings. The number of nitro benzene ring substituents is 1. The van der Waals surface area contributed by atoms with Gasteiger partial charge in [0.25, 0.3) is 5.69 Å². The Morgan fingerprint density at radius 1 is 0.939 bits per heavy atom. The molecule has 3 aromatic carbocycles. The number of carbonyl (C=O) groups excluding carboxylic acids is 1. The maximum absolute atomic E-state index is 13.8. The molecule has 0 N–H and O–H groups in total. The van der Waals surface area contributed by atoms with Crippen molar-refractivity contribution >= 4 is 17.5 Å². The second-order valence-electron chi connectivity index (χ2n) is 6.79. The van der Waals surface area contributed by atoms with Gasteiger partial charge in [-0.1, -0.05) is 12.1 Å². The Kier molecular flexibility index (Phi) is 5.54. The molecule has 0 bridgehead atoms. The number of halogens is 5. The van der Waals surface area contributed by atoms with Crippen molar-refractivity contribution in [1.82, 2.24) is 0 Å². The lowest BCUT2D eigenvalue weighted by atomic mass is 10.1. The average molecular weight is 463 g/mol. The summed E-state index contributed by atoms with van der Waals surface area (Å²) in [6, 6.07) is 9.23. The number of non-ortho nitro benzene ring substituents is 1. The molecule has 3 aromatic rings. The Bertz CT molecular complexity index is 1330. The van der Waals surface area contributed by atoms with E-state index < -0.39 is 52.0 Å². The van der Waals surface area contributed by atoms with Crippen LogP contribution >= 0.6 is 0 Å². The molecule has 11 heteroatoms. The highest BCUT2D eigenvalue weighted by molar-refractivity contribution is 6.14. The molecule has 0 saturated heterocycles. The van der Waals surface area contributed by atoms with E-state index >= 15 is 0 Å². The van der Waals surface area contributed by atoms with Crippen molar-refractivity contribution in [2.24, 2.45) is 0 Å². The van der Waals surface area contributed by atoms with Gasteiger partial charge in [-0.3, -0.25) is 14.9 Å². The number of nitro groups is 1. The minimum Gasteiger partial charge on any atom is -0.489 e. The zero-order valence-corrected chi connectivity index (χ0v) is 16.2. The molecule has 0 aliphatic carbocycles. The lowest BCUT2D eigenvalue weighted by Gasteiger charge is -2.10. The van der Waals surface area contributed by atoms with E-state index in [0.29, 0.717) is 5.56 Å². The fraction of sp³-hybridized carbons (Fsp3) is 0.0455. The van der Waals surface area contributed by atoms with E-state index in [0.717, 1.165) is 0 Å². The number of carbonyl (C=O) groups is 1. The normalized spacial score (nSPS) is 13.7. The van der Waals surface area contributed by atoms with Crippen LogP contribution in [-0.4, -0.2) is 10.7 Å². The number of ether oxygens (including phenoxy) is 2. The van der Waals surface area contributed by atoms with E-state index in [1.54, 1.807) is 0 Å². The average Bonchev–Trinajstić information content (AvgIpc) is 3.11. The van der Waals surface area contributed by atoms with Crippen LogP contribution in [0.5, 0.6) is 11.5 Å². The summed E-state index contributed by atoms with van der Waals surface area (Å²) >= 11 is 0. The Hall–Kier alpha value is -4.28. The number of ketones is 1. The van der Waals surface area contributed by atoms with Crippen LogP contribution in [0.3, 0.4) is 0 Å². The van der Waals surface area contributed by atoms with Crippen molar-refractivity contribution in [3.8, 4) is 11.5 Å². The first kappa shape index (κ1) is 21.9. The Morgan fingerprint density at radius 2 is 1.61 bits per heavy atom. The first-order valence-electron chi connectivity index (χ1n) is 9.13. The van der Waals surface area contributed by atoms with Gasteiger partial charge in [-0.15, -0.1) is 0 Å². The predicted octanol–water partition coefficient (Wildman–Crippen LogP) is 5.49. The molecular weight excluding hydrogens is 453 g/mol. The fourth-order valence-electron chi connectivity index (χ4n) is 3.07. The highest BCUT2D eigenvalue weighted by Gasteiger charge is 2.29.